The average Bonchev–Trinajstić information content (AvgIpc) is 2.38. The van der Waals surface area contributed by atoms with Crippen LogP contribution < -0.4 is 5.32 Å². The molecule has 0 saturated heterocycles. The molecule has 0 aliphatic heterocycles. The fourth-order valence-electron chi connectivity index (χ4n) is 1.73. The van der Waals surface area contributed by atoms with Crippen molar-refractivity contribution in [2.45, 2.75) is 33.2 Å². The molecule has 1 rings (SSSR count). The van der Waals surface area contributed by atoms with Crippen molar-refractivity contribution in [1.82, 2.24) is 5.32 Å². The zero-order valence-corrected chi connectivity index (χ0v) is 11.4. The van der Waals surface area contributed by atoms with Crippen LogP contribution in [0.2, 0.25) is 0 Å². The highest BCUT2D eigenvalue weighted by Crippen LogP contribution is 2.09. The Hall–Kier alpha value is -1.35. The highest BCUT2D eigenvalue weighted by Gasteiger charge is 2.18. The van der Waals surface area contributed by atoms with E-state index in [0.29, 0.717) is 0 Å². The molecule has 0 fully saturated rings. The van der Waals surface area contributed by atoms with E-state index in [-0.39, 0.29) is 30.4 Å². The van der Waals surface area contributed by atoms with Crippen molar-refractivity contribution >= 4 is 5.91 Å². The predicted molar refractivity (Wildman–Crippen MR) is 73.2 cm³/mol. The molecular formula is C15H23NO2. The third-order valence-corrected chi connectivity index (χ3v) is 3.34. The number of rotatable bonds is 6. The van der Waals surface area contributed by atoms with Gasteiger partial charge >= 0.3 is 0 Å². The van der Waals surface area contributed by atoms with Gasteiger partial charge in [-0.15, -0.1) is 0 Å². The minimum absolute atomic E-state index is 0.000670. The molecule has 1 aromatic rings. The Morgan fingerprint density at radius 3 is 2.39 bits per heavy atom. The molecule has 2 N–H and O–H groups in total. The summed E-state index contributed by atoms with van der Waals surface area (Å²) in [5.74, 6) is 0.0743. The molecule has 3 unspecified atom stereocenters. The van der Waals surface area contributed by atoms with Gasteiger partial charge in [0.2, 0.25) is 5.91 Å². The van der Waals surface area contributed by atoms with Gasteiger partial charge < -0.3 is 10.4 Å². The first kappa shape index (κ1) is 14.7. The molecule has 3 nitrogen and oxygen atoms in total. The molecule has 0 radical (unpaired) electrons. The van der Waals surface area contributed by atoms with Gasteiger partial charge in [-0.2, -0.15) is 0 Å². The van der Waals surface area contributed by atoms with Crippen molar-refractivity contribution in [1.29, 1.82) is 0 Å². The van der Waals surface area contributed by atoms with Crippen LogP contribution in [0.15, 0.2) is 30.3 Å². The van der Waals surface area contributed by atoms with E-state index < -0.39 is 0 Å². The van der Waals surface area contributed by atoms with Crippen molar-refractivity contribution in [3.05, 3.63) is 35.9 Å². The summed E-state index contributed by atoms with van der Waals surface area (Å²) in [5, 5.41) is 12.0. The first-order valence-corrected chi connectivity index (χ1v) is 6.49. The maximum absolute atomic E-state index is 12.0. The van der Waals surface area contributed by atoms with Crippen LogP contribution in [0.4, 0.5) is 0 Å². The van der Waals surface area contributed by atoms with E-state index in [1.54, 1.807) is 0 Å². The summed E-state index contributed by atoms with van der Waals surface area (Å²) in [6.07, 6.45) is 0.743. The summed E-state index contributed by atoms with van der Waals surface area (Å²) in [6.45, 7) is 5.87. The summed E-state index contributed by atoms with van der Waals surface area (Å²) >= 11 is 0. The molecule has 0 bridgehead atoms. The first-order valence-electron chi connectivity index (χ1n) is 6.49. The normalized spacial score (nSPS) is 15.8. The van der Waals surface area contributed by atoms with E-state index in [1.165, 1.54) is 5.56 Å². The monoisotopic (exact) mass is 249 g/mol. The number of aliphatic hydroxyl groups is 1. The summed E-state index contributed by atoms with van der Waals surface area (Å²) in [6, 6.07) is 10.00. The number of carbonyl (C=O) groups excluding carboxylic acids is 1. The quantitative estimate of drug-likeness (QED) is 0.810. The lowest BCUT2D eigenvalue weighted by Gasteiger charge is -2.21. The Kier molecular flexibility index (Phi) is 5.86. The molecule has 0 spiro atoms. The van der Waals surface area contributed by atoms with Crippen molar-refractivity contribution in [2.75, 3.05) is 6.61 Å². The molecule has 0 heterocycles. The fourth-order valence-corrected chi connectivity index (χ4v) is 1.73. The predicted octanol–water partition coefficient (Wildman–Crippen LogP) is 2.00. The maximum atomic E-state index is 12.0. The average molecular weight is 249 g/mol. The molecule has 0 aromatic heterocycles. The molecule has 0 aliphatic rings. The van der Waals surface area contributed by atoms with Gasteiger partial charge in [0.05, 0.1) is 0 Å². The van der Waals surface area contributed by atoms with Gasteiger partial charge in [0.15, 0.2) is 0 Å². The van der Waals surface area contributed by atoms with E-state index in [1.807, 2.05) is 51.1 Å². The number of hydrogen-bond donors (Lipinski definition) is 2. The van der Waals surface area contributed by atoms with E-state index >= 15 is 0 Å². The fraction of sp³-hybridized carbons (Fsp3) is 0.533. The second kappa shape index (κ2) is 7.17. The SMILES string of the molecule is CC(Cc1ccccc1)C(=O)NC(C)C(C)CO. The van der Waals surface area contributed by atoms with Crippen molar-refractivity contribution < 1.29 is 9.90 Å². The molecule has 1 amide bonds. The van der Waals surface area contributed by atoms with Gasteiger partial charge in [-0.05, 0) is 24.8 Å². The second-order valence-corrected chi connectivity index (χ2v) is 5.05. The van der Waals surface area contributed by atoms with Crippen molar-refractivity contribution in [2.24, 2.45) is 11.8 Å². The Bertz CT molecular complexity index is 364. The number of carbonyl (C=O) groups is 1. The number of amides is 1. The van der Waals surface area contributed by atoms with Crippen molar-refractivity contribution in [3.63, 3.8) is 0 Å². The van der Waals surface area contributed by atoms with E-state index in [0.717, 1.165) is 6.42 Å². The third-order valence-electron chi connectivity index (χ3n) is 3.34. The highest BCUT2D eigenvalue weighted by atomic mass is 16.3. The highest BCUT2D eigenvalue weighted by molar-refractivity contribution is 5.78. The molecule has 1 aromatic carbocycles. The Balaban J connectivity index is 2.47. The lowest BCUT2D eigenvalue weighted by atomic mass is 9.98. The topological polar surface area (TPSA) is 49.3 Å². The zero-order chi connectivity index (χ0) is 13.5. The van der Waals surface area contributed by atoms with E-state index in [4.69, 9.17) is 5.11 Å². The number of hydrogen-bond acceptors (Lipinski definition) is 2. The van der Waals surface area contributed by atoms with Crippen LogP contribution in [0, 0.1) is 11.8 Å². The standard InChI is InChI=1S/C15H23NO2/c1-11(9-14-7-5-4-6-8-14)15(18)16-13(3)12(2)10-17/h4-8,11-13,17H,9-10H2,1-3H3,(H,16,18). The Morgan fingerprint density at radius 1 is 1.22 bits per heavy atom. The van der Waals surface area contributed by atoms with Gasteiger partial charge in [0, 0.05) is 18.6 Å². The number of nitrogens with one attached hydrogen (secondary N) is 1. The van der Waals surface area contributed by atoms with Gasteiger partial charge in [-0.25, -0.2) is 0 Å². The van der Waals surface area contributed by atoms with Gasteiger partial charge in [0.25, 0.3) is 0 Å². The van der Waals surface area contributed by atoms with Gasteiger partial charge in [0.1, 0.15) is 0 Å². The molecule has 18 heavy (non-hydrogen) atoms. The summed E-state index contributed by atoms with van der Waals surface area (Å²) in [4.78, 5) is 12.0. The summed E-state index contributed by atoms with van der Waals surface area (Å²) in [5.41, 5.74) is 1.17. The minimum Gasteiger partial charge on any atom is -0.396 e. The van der Waals surface area contributed by atoms with Gasteiger partial charge in [-0.3, -0.25) is 4.79 Å². The third kappa shape index (κ3) is 4.49. The van der Waals surface area contributed by atoms with E-state index in [9.17, 15) is 4.79 Å². The molecule has 0 saturated carbocycles. The number of benzene rings is 1. The van der Waals surface area contributed by atoms with Crippen LogP contribution in [0.1, 0.15) is 26.3 Å². The first-order chi connectivity index (χ1) is 8.54. The molecule has 3 heteroatoms. The zero-order valence-electron chi connectivity index (χ0n) is 11.4. The minimum atomic E-state index is -0.0549. The van der Waals surface area contributed by atoms with Crippen LogP contribution in [-0.4, -0.2) is 23.7 Å². The molecule has 0 aliphatic carbocycles. The lowest BCUT2D eigenvalue weighted by molar-refractivity contribution is -0.125. The van der Waals surface area contributed by atoms with E-state index in [2.05, 4.69) is 5.32 Å². The smallest absolute Gasteiger partial charge is 0.223 e. The largest absolute Gasteiger partial charge is 0.396 e. The van der Waals surface area contributed by atoms with Crippen LogP contribution in [-0.2, 0) is 11.2 Å². The molecular weight excluding hydrogens is 226 g/mol. The molecule has 100 valence electrons. The van der Waals surface area contributed by atoms with Gasteiger partial charge in [-0.1, -0.05) is 44.2 Å². The second-order valence-electron chi connectivity index (χ2n) is 5.05. The van der Waals surface area contributed by atoms with Crippen LogP contribution >= 0.6 is 0 Å². The molecule has 3 atom stereocenters. The lowest BCUT2D eigenvalue weighted by Crippen LogP contribution is -2.41. The maximum Gasteiger partial charge on any atom is 0.223 e. The summed E-state index contributed by atoms with van der Waals surface area (Å²) in [7, 11) is 0. The Morgan fingerprint density at radius 2 is 1.83 bits per heavy atom. The van der Waals surface area contributed by atoms with Crippen molar-refractivity contribution in [3.8, 4) is 0 Å². The van der Waals surface area contributed by atoms with Crippen LogP contribution in [0.3, 0.4) is 0 Å². The number of aliphatic hydroxyl groups excluding tert-OH is 1. The van der Waals surface area contributed by atoms with Crippen LogP contribution in [0.25, 0.3) is 0 Å². The Labute approximate surface area is 109 Å². The van der Waals surface area contributed by atoms with Crippen LogP contribution in [0.5, 0.6) is 0 Å². The summed E-state index contributed by atoms with van der Waals surface area (Å²) < 4.78 is 0.